The first-order valence-corrected chi connectivity index (χ1v) is 7.74. The molecule has 0 aliphatic carbocycles. The van der Waals surface area contributed by atoms with Crippen LogP contribution >= 0.6 is 0 Å². The first kappa shape index (κ1) is 14.9. The average Bonchev–Trinajstić information content (AvgIpc) is 3.02. The predicted molar refractivity (Wildman–Crippen MR) is 100.0 cm³/mol. The minimum absolute atomic E-state index is 0.117. The Balaban J connectivity index is 2.01. The van der Waals surface area contributed by atoms with Gasteiger partial charge in [-0.25, -0.2) is 4.98 Å². The summed E-state index contributed by atoms with van der Waals surface area (Å²) in [6.07, 6.45) is 1.85. The molecule has 0 unspecified atom stereocenters. The molecule has 4 rings (SSSR count). The molecule has 0 atom stereocenters. The molecule has 25 heavy (non-hydrogen) atoms. The van der Waals surface area contributed by atoms with E-state index in [1.807, 2.05) is 42.6 Å². The zero-order valence-corrected chi connectivity index (χ0v) is 13.5. The zero-order valence-electron chi connectivity index (χ0n) is 13.5. The average molecular weight is 332 g/mol. The van der Waals surface area contributed by atoms with Gasteiger partial charge in [-0.15, -0.1) is 0 Å². The summed E-state index contributed by atoms with van der Waals surface area (Å²) in [5, 5.41) is 4.49. The number of nitrogens with one attached hydrogen (secondary N) is 2. The summed E-state index contributed by atoms with van der Waals surface area (Å²) in [6, 6.07) is 11.5. The molecule has 0 saturated heterocycles. The van der Waals surface area contributed by atoms with E-state index < -0.39 is 0 Å². The number of hydrogen-bond donors (Lipinski definition) is 4. The number of carbonyl (C=O) groups excluding carboxylic acids is 1. The van der Waals surface area contributed by atoms with Crippen LogP contribution in [0.4, 0.5) is 17.5 Å². The van der Waals surface area contributed by atoms with Gasteiger partial charge in [0.15, 0.2) is 0 Å². The predicted octanol–water partition coefficient (Wildman–Crippen LogP) is 2.90. The lowest BCUT2D eigenvalue weighted by atomic mass is 9.99. The summed E-state index contributed by atoms with van der Waals surface area (Å²) in [4.78, 5) is 23.0. The maximum atomic E-state index is 11.3. The van der Waals surface area contributed by atoms with Crippen LogP contribution in [0.25, 0.3) is 32.9 Å². The first-order valence-electron chi connectivity index (χ1n) is 7.74. The number of carbonyl (C=O) groups is 1. The minimum atomic E-state index is -0.117. The second-order valence-corrected chi connectivity index (χ2v) is 5.81. The van der Waals surface area contributed by atoms with Crippen LogP contribution in [0.5, 0.6) is 0 Å². The van der Waals surface area contributed by atoms with Crippen molar-refractivity contribution in [2.75, 3.05) is 16.8 Å². The van der Waals surface area contributed by atoms with E-state index in [0.29, 0.717) is 11.3 Å². The van der Waals surface area contributed by atoms with E-state index in [9.17, 15) is 4.79 Å². The fraction of sp³-hybridized carbons (Fsp3) is 0.0556. The molecule has 1 amide bonds. The molecular weight excluding hydrogens is 316 g/mol. The van der Waals surface area contributed by atoms with Crippen LogP contribution in [0.3, 0.4) is 0 Å². The maximum absolute atomic E-state index is 11.3. The van der Waals surface area contributed by atoms with Crippen molar-refractivity contribution in [1.29, 1.82) is 0 Å². The number of nitrogens with two attached hydrogens (primary N) is 2. The van der Waals surface area contributed by atoms with Crippen LogP contribution in [0, 0.1) is 0 Å². The lowest BCUT2D eigenvalue weighted by molar-refractivity contribution is -0.114. The van der Waals surface area contributed by atoms with Gasteiger partial charge in [-0.1, -0.05) is 12.1 Å². The van der Waals surface area contributed by atoms with Crippen molar-refractivity contribution in [3.05, 3.63) is 42.6 Å². The molecule has 6 N–H and O–H groups in total. The lowest BCUT2D eigenvalue weighted by Gasteiger charge is -2.10. The van der Waals surface area contributed by atoms with Crippen LogP contribution in [-0.2, 0) is 4.79 Å². The third kappa shape index (κ3) is 2.51. The smallest absolute Gasteiger partial charge is 0.222 e. The summed E-state index contributed by atoms with van der Waals surface area (Å²) >= 11 is 0. The van der Waals surface area contributed by atoms with Gasteiger partial charge in [0.2, 0.25) is 11.9 Å². The number of nitrogen functional groups attached to an aromatic ring is 2. The molecule has 7 heteroatoms. The van der Waals surface area contributed by atoms with Crippen LogP contribution in [-0.4, -0.2) is 20.9 Å². The van der Waals surface area contributed by atoms with Crippen LogP contribution < -0.4 is 16.8 Å². The Labute approximate surface area is 143 Å². The molecule has 0 radical (unpaired) electrons. The number of aromatic amines is 1. The topological polar surface area (TPSA) is 123 Å². The number of H-pyrrole nitrogens is 1. The Kier molecular flexibility index (Phi) is 3.28. The quantitative estimate of drug-likeness (QED) is 0.449. The Morgan fingerprint density at radius 3 is 2.80 bits per heavy atom. The van der Waals surface area contributed by atoms with E-state index in [-0.39, 0.29) is 11.9 Å². The molecule has 2 aromatic carbocycles. The van der Waals surface area contributed by atoms with Crippen LogP contribution in [0.1, 0.15) is 6.92 Å². The Morgan fingerprint density at radius 2 is 2.00 bits per heavy atom. The summed E-state index contributed by atoms with van der Waals surface area (Å²) in [5.74, 6) is 0.373. The number of rotatable bonds is 2. The molecule has 0 spiro atoms. The lowest BCUT2D eigenvalue weighted by Crippen LogP contribution is -2.05. The van der Waals surface area contributed by atoms with E-state index in [2.05, 4.69) is 20.3 Å². The SMILES string of the molecule is CC(=O)Nc1cccc(-c2cc3nc(N)nc(N)c3c3cc[nH]c23)c1. The number of aromatic nitrogens is 3. The highest BCUT2D eigenvalue weighted by Gasteiger charge is 2.14. The van der Waals surface area contributed by atoms with Gasteiger partial charge < -0.3 is 21.8 Å². The second-order valence-electron chi connectivity index (χ2n) is 5.81. The fourth-order valence-corrected chi connectivity index (χ4v) is 3.10. The van der Waals surface area contributed by atoms with Gasteiger partial charge in [0.25, 0.3) is 0 Å². The van der Waals surface area contributed by atoms with E-state index in [1.165, 1.54) is 6.92 Å². The van der Waals surface area contributed by atoms with E-state index in [0.717, 1.165) is 33.1 Å². The van der Waals surface area contributed by atoms with Crippen molar-refractivity contribution < 1.29 is 4.79 Å². The minimum Gasteiger partial charge on any atom is -0.383 e. The zero-order chi connectivity index (χ0) is 17.6. The molecule has 0 bridgehead atoms. The summed E-state index contributed by atoms with van der Waals surface area (Å²) < 4.78 is 0. The third-order valence-corrected chi connectivity index (χ3v) is 4.04. The van der Waals surface area contributed by atoms with Gasteiger partial charge in [-0.05, 0) is 29.8 Å². The van der Waals surface area contributed by atoms with Gasteiger partial charge in [0, 0.05) is 29.8 Å². The molecule has 0 fully saturated rings. The monoisotopic (exact) mass is 332 g/mol. The Bertz CT molecular complexity index is 1130. The van der Waals surface area contributed by atoms with Crippen molar-refractivity contribution in [2.24, 2.45) is 0 Å². The van der Waals surface area contributed by atoms with Crippen molar-refractivity contribution in [3.8, 4) is 11.1 Å². The standard InChI is InChI=1S/C18H16N6O/c1-9(25)22-11-4-2-3-10(7-11)13-8-14-15(12-5-6-21-16(12)13)17(19)24-18(20)23-14/h2-8,21H,1H3,(H,22,25)(H4,19,20,23,24). The molecule has 7 nitrogen and oxygen atoms in total. The molecule has 2 aromatic heterocycles. The normalized spacial score (nSPS) is 11.1. The van der Waals surface area contributed by atoms with Gasteiger partial charge in [-0.3, -0.25) is 4.79 Å². The number of amides is 1. The number of benzene rings is 2. The summed E-state index contributed by atoms with van der Waals surface area (Å²) in [5.41, 5.74) is 16.0. The van der Waals surface area contributed by atoms with E-state index in [4.69, 9.17) is 11.5 Å². The van der Waals surface area contributed by atoms with Gasteiger partial charge >= 0.3 is 0 Å². The van der Waals surface area contributed by atoms with Crippen molar-refractivity contribution in [3.63, 3.8) is 0 Å². The largest absolute Gasteiger partial charge is 0.383 e. The number of nitrogens with zero attached hydrogens (tertiary/aromatic N) is 2. The van der Waals surface area contributed by atoms with Gasteiger partial charge in [0.1, 0.15) is 5.82 Å². The number of hydrogen-bond acceptors (Lipinski definition) is 5. The molecule has 4 aromatic rings. The molecule has 124 valence electrons. The maximum Gasteiger partial charge on any atom is 0.222 e. The molecule has 0 aliphatic rings. The molecule has 0 aliphatic heterocycles. The summed E-state index contributed by atoms with van der Waals surface area (Å²) in [7, 11) is 0. The van der Waals surface area contributed by atoms with Crippen molar-refractivity contribution in [1.82, 2.24) is 15.0 Å². The van der Waals surface area contributed by atoms with Crippen molar-refractivity contribution in [2.45, 2.75) is 6.92 Å². The first-order chi connectivity index (χ1) is 12.0. The van der Waals surface area contributed by atoms with Crippen LogP contribution in [0.2, 0.25) is 0 Å². The Morgan fingerprint density at radius 1 is 1.16 bits per heavy atom. The fourth-order valence-electron chi connectivity index (χ4n) is 3.10. The second kappa shape index (κ2) is 5.48. The molecular formula is C18H16N6O. The van der Waals surface area contributed by atoms with Gasteiger partial charge in [-0.2, -0.15) is 4.98 Å². The summed E-state index contributed by atoms with van der Waals surface area (Å²) in [6.45, 7) is 1.48. The Hall–Kier alpha value is -3.61. The van der Waals surface area contributed by atoms with E-state index >= 15 is 0 Å². The number of anilines is 3. The van der Waals surface area contributed by atoms with Gasteiger partial charge in [0.05, 0.1) is 16.4 Å². The third-order valence-electron chi connectivity index (χ3n) is 4.04. The molecule has 0 saturated carbocycles. The molecule has 2 heterocycles. The highest BCUT2D eigenvalue weighted by Crippen LogP contribution is 2.36. The van der Waals surface area contributed by atoms with Crippen LogP contribution in [0.15, 0.2) is 42.6 Å². The highest BCUT2D eigenvalue weighted by molar-refractivity contribution is 6.15. The van der Waals surface area contributed by atoms with Crippen molar-refractivity contribution >= 4 is 45.2 Å². The highest BCUT2D eigenvalue weighted by atomic mass is 16.1. The number of fused-ring (bicyclic) bond motifs is 3. The van der Waals surface area contributed by atoms with E-state index in [1.54, 1.807) is 0 Å².